The molecule has 0 atom stereocenters. The van der Waals surface area contributed by atoms with Crippen molar-refractivity contribution in [3.63, 3.8) is 0 Å². The van der Waals surface area contributed by atoms with Gasteiger partial charge in [-0.3, -0.25) is 0 Å². The zero-order valence-corrected chi connectivity index (χ0v) is 13.6. The van der Waals surface area contributed by atoms with Crippen LogP contribution >= 0.6 is 11.8 Å². The molecule has 2 aromatic rings. The lowest BCUT2D eigenvalue weighted by atomic mass is 10.0. The molecule has 22 heavy (non-hydrogen) atoms. The predicted octanol–water partition coefficient (Wildman–Crippen LogP) is 5.11. The number of rotatable bonds is 4. The summed E-state index contributed by atoms with van der Waals surface area (Å²) in [5, 5.41) is 0. The van der Waals surface area contributed by atoms with E-state index in [2.05, 4.69) is 38.1 Å². The van der Waals surface area contributed by atoms with Crippen LogP contribution < -0.4 is 4.74 Å². The van der Waals surface area contributed by atoms with Crippen LogP contribution in [0.2, 0.25) is 0 Å². The van der Waals surface area contributed by atoms with Crippen molar-refractivity contribution in [3.8, 4) is 5.75 Å². The fourth-order valence-electron chi connectivity index (χ4n) is 2.47. The first-order valence-electron chi connectivity index (χ1n) is 7.38. The minimum Gasteiger partial charge on any atom is -0.467 e. The van der Waals surface area contributed by atoms with Crippen molar-refractivity contribution >= 4 is 11.8 Å². The fourth-order valence-corrected chi connectivity index (χ4v) is 3.34. The van der Waals surface area contributed by atoms with Crippen LogP contribution in [0.5, 0.6) is 5.75 Å². The van der Waals surface area contributed by atoms with Crippen molar-refractivity contribution in [1.82, 2.24) is 0 Å². The summed E-state index contributed by atoms with van der Waals surface area (Å²) in [7, 11) is 0. The van der Waals surface area contributed by atoms with Crippen LogP contribution in [0.25, 0.3) is 0 Å². The standard InChI is InChI=1S/C18H19FO2S/c1-12(2)13-3-5-17(6-4-13)22-10-15-8-16(19)7-14-9-20-11-21-18(14)15/h3-8,12H,9-11H2,1-2H3. The highest BCUT2D eigenvalue weighted by Gasteiger charge is 2.17. The van der Waals surface area contributed by atoms with Crippen LogP contribution in [0.1, 0.15) is 36.5 Å². The first-order chi connectivity index (χ1) is 10.6. The van der Waals surface area contributed by atoms with Gasteiger partial charge in [0.05, 0.1) is 6.61 Å². The maximum Gasteiger partial charge on any atom is 0.189 e. The SMILES string of the molecule is CC(C)c1ccc(SCc2cc(F)cc3c2OCOC3)cc1. The third-order valence-corrected chi connectivity index (χ3v) is 4.75. The lowest BCUT2D eigenvalue weighted by Gasteiger charge is -2.20. The van der Waals surface area contributed by atoms with Crippen LogP contribution in [0.15, 0.2) is 41.3 Å². The van der Waals surface area contributed by atoms with Crippen LogP contribution in [0, 0.1) is 5.82 Å². The lowest BCUT2D eigenvalue weighted by molar-refractivity contribution is -0.0171. The summed E-state index contributed by atoms with van der Waals surface area (Å²) in [6.45, 7) is 5.01. The molecule has 3 rings (SSSR count). The molecule has 0 saturated heterocycles. The van der Waals surface area contributed by atoms with E-state index in [1.807, 2.05) is 0 Å². The van der Waals surface area contributed by atoms with Gasteiger partial charge in [-0.15, -0.1) is 11.8 Å². The monoisotopic (exact) mass is 318 g/mol. The number of ether oxygens (including phenoxy) is 2. The van der Waals surface area contributed by atoms with Crippen molar-refractivity contribution in [2.75, 3.05) is 6.79 Å². The molecule has 1 aliphatic heterocycles. The normalized spacial score (nSPS) is 13.8. The summed E-state index contributed by atoms with van der Waals surface area (Å²) in [5.74, 6) is 1.75. The Morgan fingerprint density at radius 1 is 1.18 bits per heavy atom. The van der Waals surface area contributed by atoms with Gasteiger partial charge in [0.15, 0.2) is 6.79 Å². The van der Waals surface area contributed by atoms with Crippen molar-refractivity contribution in [1.29, 1.82) is 0 Å². The zero-order chi connectivity index (χ0) is 15.5. The van der Waals surface area contributed by atoms with E-state index in [0.717, 1.165) is 16.9 Å². The molecule has 0 fully saturated rings. The van der Waals surface area contributed by atoms with Crippen molar-refractivity contribution in [3.05, 3.63) is 58.9 Å². The topological polar surface area (TPSA) is 18.5 Å². The average Bonchev–Trinajstić information content (AvgIpc) is 2.52. The summed E-state index contributed by atoms with van der Waals surface area (Å²) in [4.78, 5) is 1.18. The molecule has 1 heterocycles. The van der Waals surface area contributed by atoms with E-state index in [-0.39, 0.29) is 12.6 Å². The van der Waals surface area contributed by atoms with Crippen molar-refractivity contribution < 1.29 is 13.9 Å². The second kappa shape index (κ2) is 6.71. The Morgan fingerprint density at radius 2 is 1.95 bits per heavy atom. The molecule has 0 spiro atoms. The number of benzene rings is 2. The molecule has 116 valence electrons. The summed E-state index contributed by atoms with van der Waals surface area (Å²) < 4.78 is 24.5. The summed E-state index contributed by atoms with van der Waals surface area (Å²) in [6, 6.07) is 11.6. The molecule has 2 aromatic carbocycles. The van der Waals surface area contributed by atoms with Crippen LogP contribution in [-0.2, 0) is 17.1 Å². The fraction of sp³-hybridized carbons (Fsp3) is 0.333. The van der Waals surface area contributed by atoms with Crippen LogP contribution in [0.4, 0.5) is 4.39 Å². The molecule has 0 N–H and O–H groups in total. The molecule has 0 aromatic heterocycles. The van der Waals surface area contributed by atoms with Gasteiger partial charge in [0.2, 0.25) is 0 Å². The molecule has 0 amide bonds. The van der Waals surface area contributed by atoms with Gasteiger partial charge in [0, 0.05) is 21.8 Å². The third kappa shape index (κ3) is 3.45. The van der Waals surface area contributed by atoms with Gasteiger partial charge in [0.25, 0.3) is 0 Å². The number of fused-ring (bicyclic) bond motifs is 1. The Balaban J connectivity index is 1.75. The van der Waals surface area contributed by atoms with E-state index < -0.39 is 0 Å². The van der Waals surface area contributed by atoms with Crippen molar-refractivity contribution in [2.24, 2.45) is 0 Å². The van der Waals surface area contributed by atoms with Gasteiger partial charge < -0.3 is 9.47 Å². The summed E-state index contributed by atoms with van der Waals surface area (Å²) >= 11 is 1.69. The molecule has 0 saturated carbocycles. The molecule has 1 aliphatic rings. The number of halogens is 1. The van der Waals surface area contributed by atoms with E-state index >= 15 is 0 Å². The van der Waals surface area contributed by atoms with Crippen molar-refractivity contribution in [2.45, 2.75) is 37.0 Å². The third-order valence-electron chi connectivity index (χ3n) is 3.69. The van der Waals surface area contributed by atoms with E-state index in [1.54, 1.807) is 17.8 Å². The Hall–Kier alpha value is -1.52. The molecule has 0 unspecified atom stereocenters. The number of thioether (sulfide) groups is 1. The van der Waals surface area contributed by atoms with E-state index in [1.165, 1.54) is 16.5 Å². The van der Waals surface area contributed by atoms with Gasteiger partial charge in [-0.1, -0.05) is 26.0 Å². The first-order valence-corrected chi connectivity index (χ1v) is 8.36. The minimum atomic E-state index is -0.237. The van der Waals surface area contributed by atoms with Gasteiger partial charge in [-0.25, -0.2) is 4.39 Å². The maximum absolute atomic E-state index is 13.7. The predicted molar refractivity (Wildman–Crippen MR) is 86.8 cm³/mol. The molecule has 0 bridgehead atoms. The molecule has 2 nitrogen and oxygen atoms in total. The average molecular weight is 318 g/mol. The van der Waals surface area contributed by atoms with E-state index in [9.17, 15) is 4.39 Å². The smallest absolute Gasteiger partial charge is 0.189 e. The Morgan fingerprint density at radius 3 is 2.68 bits per heavy atom. The highest BCUT2D eigenvalue weighted by atomic mass is 32.2. The highest BCUT2D eigenvalue weighted by Crippen LogP contribution is 2.34. The number of hydrogen-bond donors (Lipinski definition) is 0. The molecular formula is C18H19FO2S. The second-order valence-corrected chi connectivity index (χ2v) is 6.72. The lowest BCUT2D eigenvalue weighted by Crippen LogP contribution is -2.13. The van der Waals surface area contributed by atoms with Gasteiger partial charge >= 0.3 is 0 Å². The molecular weight excluding hydrogens is 299 g/mol. The van der Waals surface area contributed by atoms with Gasteiger partial charge in [0.1, 0.15) is 11.6 Å². The maximum atomic E-state index is 13.7. The number of hydrogen-bond acceptors (Lipinski definition) is 3. The Kier molecular flexibility index (Phi) is 4.69. The first kappa shape index (κ1) is 15.4. The molecule has 0 radical (unpaired) electrons. The largest absolute Gasteiger partial charge is 0.467 e. The van der Waals surface area contributed by atoms with Crippen LogP contribution in [0.3, 0.4) is 0 Å². The molecule has 0 aliphatic carbocycles. The molecule has 4 heteroatoms. The van der Waals surface area contributed by atoms with E-state index in [4.69, 9.17) is 9.47 Å². The quantitative estimate of drug-likeness (QED) is 0.730. The van der Waals surface area contributed by atoms with Gasteiger partial charge in [-0.05, 0) is 35.7 Å². The Labute approximate surface area is 134 Å². The van der Waals surface area contributed by atoms with E-state index in [0.29, 0.717) is 18.3 Å². The van der Waals surface area contributed by atoms with Crippen LogP contribution in [-0.4, -0.2) is 6.79 Å². The zero-order valence-electron chi connectivity index (χ0n) is 12.8. The Bertz CT molecular complexity index is 653. The second-order valence-electron chi connectivity index (χ2n) is 5.68. The summed E-state index contributed by atoms with van der Waals surface area (Å²) in [5.41, 5.74) is 3.00. The van der Waals surface area contributed by atoms with Gasteiger partial charge in [-0.2, -0.15) is 0 Å². The summed E-state index contributed by atoms with van der Waals surface area (Å²) in [6.07, 6.45) is 0. The highest BCUT2D eigenvalue weighted by molar-refractivity contribution is 7.98. The minimum absolute atomic E-state index is 0.236.